The molecular weight excluding hydrogens is 218 g/mol. The Labute approximate surface area is 101 Å². The molecule has 0 radical (unpaired) electrons. The summed E-state index contributed by atoms with van der Waals surface area (Å²) in [6.07, 6.45) is 1.94. The Kier molecular flexibility index (Phi) is 4.37. The van der Waals surface area contributed by atoms with E-state index in [0.29, 0.717) is 12.5 Å². The molecule has 6 heteroatoms. The number of nitrogens with zero attached hydrogens (tertiary/aromatic N) is 3. The monoisotopic (exact) mass is 239 g/mol. The summed E-state index contributed by atoms with van der Waals surface area (Å²) in [7, 11) is 1.89. The Hall–Kier alpha value is -1.72. The molecule has 0 spiro atoms. The van der Waals surface area contributed by atoms with Gasteiger partial charge in [0.05, 0.1) is 11.4 Å². The molecule has 1 aromatic rings. The smallest absolute Gasteiger partial charge is 0.143 e. The average molecular weight is 239 g/mol. The normalized spacial score (nSPS) is 14.1. The first-order valence-electron chi connectivity index (χ1n) is 5.70. The zero-order valence-electron chi connectivity index (χ0n) is 10.8. The number of hydrogen-bond donors (Lipinski definition) is 3. The molecule has 1 rings (SSSR count). The highest BCUT2D eigenvalue weighted by molar-refractivity contribution is 5.82. The first-order valence-corrected chi connectivity index (χ1v) is 5.70. The van der Waals surface area contributed by atoms with Crippen LogP contribution in [0.25, 0.3) is 0 Å². The van der Waals surface area contributed by atoms with Gasteiger partial charge in [-0.1, -0.05) is 25.9 Å². The molecule has 0 aliphatic carbocycles. The Morgan fingerprint density at radius 2 is 2.24 bits per heavy atom. The number of nitrogens with one attached hydrogen (secondary N) is 1. The highest BCUT2D eigenvalue weighted by Crippen LogP contribution is 2.22. The lowest BCUT2D eigenvalue weighted by atomic mass is 10.1. The number of hydrogen-bond acceptors (Lipinski definition) is 4. The Balaban J connectivity index is 2.69. The maximum atomic E-state index is 8.57. The second kappa shape index (κ2) is 5.56. The van der Waals surface area contributed by atoms with Crippen molar-refractivity contribution in [1.82, 2.24) is 9.78 Å². The molecule has 96 valence electrons. The van der Waals surface area contributed by atoms with Crippen molar-refractivity contribution >= 4 is 11.5 Å². The van der Waals surface area contributed by atoms with Crippen LogP contribution in [0.1, 0.15) is 32.4 Å². The molecule has 0 bridgehead atoms. The van der Waals surface area contributed by atoms with E-state index in [9.17, 15) is 0 Å². The zero-order chi connectivity index (χ0) is 13.0. The summed E-state index contributed by atoms with van der Waals surface area (Å²) in [4.78, 5) is 0. The molecule has 1 heterocycles. The minimum absolute atomic E-state index is 0.0276. The molecular formula is C11H21N5O. The lowest BCUT2D eigenvalue weighted by Crippen LogP contribution is -2.27. The van der Waals surface area contributed by atoms with Crippen LogP contribution in [-0.4, -0.2) is 27.4 Å². The number of anilines is 1. The van der Waals surface area contributed by atoms with E-state index < -0.39 is 0 Å². The summed E-state index contributed by atoms with van der Waals surface area (Å²) in [5.74, 6) is 0.561. The molecule has 0 fully saturated rings. The van der Waals surface area contributed by atoms with Crippen LogP contribution in [-0.2, 0) is 7.05 Å². The average Bonchev–Trinajstić information content (AvgIpc) is 2.66. The van der Waals surface area contributed by atoms with Crippen LogP contribution in [0.5, 0.6) is 0 Å². The second-order valence-corrected chi connectivity index (χ2v) is 4.56. The van der Waals surface area contributed by atoms with E-state index in [2.05, 4.69) is 29.4 Å². The van der Waals surface area contributed by atoms with Crippen molar-refractivity contribution in [3.63, 3.8) is 0 Å². The molecule has 1 atom stereocenters. The lowest BCUT2D eigenvalue weighted by Gasteiger charge is -2.12. The molecule has 0 saturated carbocycles. The highest BCUT2D eigenvalue weighted by atomic mass is 16.4. The van der Waals surface area contributed by atoms with E-state index in [1.807, 2.05) is 20.2 Å². The Bertz CT molecular complexity index is 397. The molecule has 6 nitrogen and oxygen atoms in total. The predicted molar refractivity (Wildman–Crippen MR) is 68.4 cm³/mol. The molecule has 0 aliphatic heterocycles. The van der Waals surface area contributed by atoms with Crippen LogP contribution in [0.3, 0.4) is 0 Å². The fourth-order valence-corrected chi connectivity index (χ4v) is 1.53. The van der Waals surface area contributed by atoms with Crippen molar-refractivity contribution in [2.24, 2.45) is 23.9 Å². The first-order chi connectivity index (χ1) is 7.95. The highest BCUT2D eigenvalue weighted by Gasteiger charge is 2.13. The fourth-order valence-electron chi connectivity index (χ4n) is 1.53. The summed E-state index contributed by atoms with van der Waals surface area (Å²) < 4.78 is 1.78. The molecule has 17 heavy (non-hydrogen) atoms. The second-order valence-electron chi connectivity index (χ2n) is 4.56. The number of oxime groups is 1. The van der Waals surface area contributed by atoms with E-state index in [-0.39, 0.29) is 11.8 Å². The summed E-state index contributed by atoms with van der Waals surface area (Å²) >= 11 is 0. The maximum absolute atomic E-state index is 8.57. The van der Waals surface area contributed by atoms with Gasteiger partial charge in [0.1, 0.15) is 5.84 Å². The van der Waals surface area contributed by atoms with Crippen LogP contribution in [0.4, 0.5) is 5.69 Å². The third kappa shape index (κ3) is 3.37. The molecule has 4 N–H and O–H groups in total. The standard InChI is InChI=1S/C11H21N5O/c1-7(2)10-9(6-16(4)14-10)13-5-8(3)11(12)15-17/h6-8,13,17H,5H2,1-4H3,(H2,12,15). The Morgan fingerprint density at radius 3 is 2.76 bits per heavy atom. The zero-order valence-corrected chi connectivity index (χ0v) is 10.8. The maximum Gasteiger partial charge on any atom is 0.143 e. The minimum atomic E-state index is -0.0276. The summed E-state index contributed by atoms with van der Waals surface area (Å²) in [5.41, 5.74) is 7.55. The van der Waals surface area contributed by atoms with Gasteiger partial charge < -0.3 is 16.3 Å². The summed E-state index contributed by atoms with van der Waals surface area (Å²) in [6, 6.07) is 0. The SMILES string of the molecule is CC(CNc1cn(C)nc1C(C)C)/C(N)=N/O. The van der Waals surface area contributed by atoms with E-state index >= 15 is 0 Å². The number of nitrogens with two attached hydrogens (primary N) is 1. The largest absolute Gasteiger partial charge is 0.409 e. The van der Waals surface area contributed by atoms with Gasteiger partial charge >= 0.3 is 0 Å². The summed E-state index contributed by atoms with van der Waals surface area (Å²) in [5, 5.41) is 19.2. The number of amidine groups is 1. The lowest BCUT2D eigenvalue weighted by molar-refractivity contribution is 0.315. The molecule has 0 aromatic carbocycles. The third-order valence-corrected chi connectivity index (χ3v) is 2.62. The Morgan fingerprint density at radius 1 is 1.59 bits per heavy atom. The van der Waals surface area contributed by atoms with Gasteiger partial charge in [0.15, 0.2) is 0 Å². The van der Waals surface area contributed by atoms with E-state index in [0.717, 1.165) is 11.4 Å². The van der Waals surface area contributed by atoms with E-state index in [4.69, 9.17) is 10.9 Å². The topological polar surface area (TPSA) is 88.5 Å². The summed E-state index contributed by atoms with van der Waals surface area (Å²) in [6.45, 7) is 6.70. The van der Waals surface area contributed by atoms with E-state index in [1.54, 1.807) is 4.68 Å². The molecule has 0 amide bonds. The van der Waals surface area contributed by atoms with Gasteiger partial charge in [-0.05, 0) is 5.92 Å². The van der Waals surface area contributed by atoms with Crippen LogP contribution in [0.2, 0.25) is 0 Å². The molecule has 1 unspecified atom stereocenters. The van der Waals surface area contributed by atoms with Gasteiger partial charge in [-0.25, -0.2) is 0 Å². The van der Waals surface area contributed by atoms with Crippen molar-refractivity contribution in [3.05, 3.63) is 11.9 Å². The van der Waals surface area contributed by atoms with Gasteiger partial charge in [0.25, 0.3) is 0 Å². The number of aromatic nitrogens is 2. The quantitative estimate of drug-likeness (QED) is 0.313. The van der Waals surface area contributed by atoms with Gasteiger partial charge in [-0.2, -0.15) is 5.10 Å². The van der Waals surface area contributed by atoms with E-state index in [1.165, 1.54) is 0 Å². The van der Waals surface area contributed by atoms with Crippen LogP contribution >= 0.6 is 0 Å². The number of aryl methyl sites for hydroxylation is 1. The molecule has 0 aliphatic rings. The molecule has 0 saturated heterocycles. The van der Waals surface area contributed by atoms with Crippen LogP contribution in [0, 0.1) is 5.92 Å². The van der Waals surface area contributed by atoms with Crippen LogP contribution in [0.15, 0.2) is 11.4 Å². The van der Waals surface area contributed by atoms with Crippen molar-refractivity contribution in [2.75, 3.05) is 11.9 Å². The molecule has 1 aromatic heterocycles. The van der Waals surface area contributed by atoms with Gasteiger partial charge in [0.2, 0.25) is 0 Å². The van der Waals surface area contributed by atoms with Crippen molar-refractivity contribution in [2.45, 2.75) is 26.7 Å². The van der Waals surface area contributed by atoms with Gasteiger partial charge in [-0.15, -0.1) is 0 Å². The van der Waals surface area contributed by atoms with Gasteiger partial charge in [0, 0.05) is 25.7 Å². The third-order valence-electron chi connectivity index (χ3n) is 2.62. The van der Waals surface area contributed by atoms with Crippen molar-refractivity contribution < 1.29 is 5.21 Å². The fraction of sp³-hybridized carbons (Fsp3) is 0.636. The minimum Gasteiger partial charge on any atom is -0.409 e. The van der Waals surface area contributed by atoms with Crippen molar-refractivity contribution in [1.29, 1.82) is 0 Å². The predicted octanol–water partition coefficient (Wildman–Crippen LogP) is 1.34. The van der Waals surface area contributed by atoms with Gasteiger partial charge in [-0.3, -0.25) is 4.68 Å². The van der Waals surface area contributed by atoms with Crippen molar-refractivity contribution in [3.8, 4) is 0 Å². The first kappa shape index (κ1) is 13.3. The van der Waals surface area contributed by atoms with Crippen LogP contribution < -0.4 is 11.1 Å². The number of rotatable bonds is 5.